The van der Waals surface area contributed by atoms with Crippen LogP contribution in [0.4, 0.5) is 4.79 Å². The maximum atomic E-state index is 12.0. The minimum Gasteiger partial charge on any atom is -0.336 e. The molecule has 1 aromatic heterocycles. The fourth-order valence-corrected chi connectivity index (χ4v) is 3.61. The third-order valence-corrected chi connectivity index (χ3v) is 4.86. The lowest BCUT2D eigenvalue weighted by atomic mass is 9.96. The number of hydrogen-bond acceptors (Lipinski definition) is 3. The van der Waals surface area contributed by atoms with Gasteiger partial charge >= 0.3 is 6.03 Å². The minimum absolute atomic E-state index is 0.0275. The lowest BCUT2D eigenvalue weighted by Crippen LogP contribution is -2.45. The van der Waals surface area contributed by atoms with Gasteiger partial charge in [0, 0.05) is 17.5 Å². The van der Waals surface area contributed by atoms with E-state index in [1.165, 1.54) is 24.1 Å². The van der Waals surface area contributed by atoms with E-state index in [9.17, 15) is 4.79 Å². The summed E-state index contributed by atoms with van der Waals surface area (Å²) in [5.41, 5.74) is 0. The van der Waals surface area contributed by atoms with Crippen LogP contribution in [0.1, 0.15) is 43.0 Å². The number of rotatable bonds is 5. The molecule has 1 aromatic rings. The zero-order valence-corrected chi connectivity index (χ0v) is 13.2. The first-order chi connectivity index (χ1) is 9.66. The maximum absolute atomic E-state index is 12.0. The van der Waals surface area contributed by atoms with Gasteiger partial charge in [-0.3, -0.25) is 0 Å². The van der Waals surface area contributed by atoms with E-state index in [0.29, 0.717) is 12.6 Å². The first-order valence-electron chi connectivity index (χ1n) is 7.41. The van der Waals surface area contributed by atoms with Crippen LogP contribution in [0, 0.1) is 0 Å². The van der Waals surface area contributed by atoms with Crippen LogP contribution in [0.5, 0.6) is 0 Å². The van der Waals surface area contributed by atoms with Gasteiger partial charge in [-0.25, -0.2) is 4.79 Å². The molecule has 4 nitrogen and oxygen atoms in total. The Morgan fingerprint density at radius 2 is 2.15 bits per heavy atom. The molecule has 1 aliphatic carbocycles. The molecule has 0 aromatic carbocycles. The lowest BCUT2D eigenvalue weighted by molar-refractivity contribution is 0.226. The summed E-state index contributed by atoms with van der Waals surface area (Å²) in [6, 6.07) is 4.75. The van der Waals surface area contributed by atoms with Gasteiger partial charge in [-0.15, -0.1) is 11.3 Å². The standard InChI is InChI=1S/C15H25N3OS/c1-18(2)13(14-9-6-10-20-14)11-16-15(19)17-12-7-4-3-5-8-12/h6,9-10,12-13H,3-5,7-8,11H2,1-2H3,(H2,16,17,19)/t13-/m0/s1. The Kier molecular flexibility index (Phi) is 5.86. The summed E-state index contributed by atoms with van der Waals surface area (Å²) in [6.07, 6.45) is 6.02. The van der Waals surface area contributed by atoms with Crippen molar-refractivity contribution in [3.8, 4) is 0 Å². The number of thiophene rings is 1. The van der Waals surface area contributed by atoms with Gasteiger partial charge < -0.3 is 15.5 Å². The van der Waals surface area contributed by atoms with E-state index in [1.54, 1.807) is 11.3 Å². The molecule has 2 amide bonds. The summed E-state index contributed by atoms with van der Waals surface area (Å²) >= 11 is 1.73. The highest BCUT2D eigenvalue weighted by atomic mass is 32.1. The van der Waals surface area contributed by atoms with Crippen molar-refractivity contribution in [2.45, 2.75) is 44.2 Å². The number of likely N-dealkylation sites (N-methyl/N-ethyl adjacent to an activating group) is 1. The second-order valence-corrected chi connectivity index (χ2v) is 6.66. The van der Waals surface area contributed by atoms with Crippen LogP contribution in [-0.4, -0.2) is 37.6 Å². The first kappa shape index (κ1) is 15.3. The lowest BCUT2D eigenvalue weighted by Gasteiger charge is -2.26. The van der Waals surface area contributed by atoms with E-state index in [2.05, 4.69) is 33.0 Å². The third-order valence-electron chi connectivity index (χ3n) is 3.89. The molecule has 0 bridgehead atoms. The molecule has 0 unspecified atom stereocenters. The largest absolute Gasteiger partial charge is 0.336 e. The van der Waals surface area contributed by atoms with Gasteiger partial charge in [0.15, 0.2) is 0 Å². The average Bonchev–Trinajstić information content (AvgIpc) is 2.93. The molecule has 0 spiro atoms. The molecule has 1 saturated carbocycles. The van der Waals surface area contributed by atoms with E-state index < -0.39 is 0 Å². The van der Waals surface area contributed by atoms with Gasteiger partial charge in [-0.1, -0.05) is 25.3 Å². The molecule has 2 N–H and O–H groups in total. The Hall–Kier alpha value is -1.07. The monoisotopic (exact) mass is 295 g/mol. The van der Waals surface area contributed by atoms with Crippen molar-refractivity contribution in [3.05, 3.63) is 22.4 Å². The zero-order chi connectivity index (χ0) is 14.4. The Labute approximate surface area is 125 Å². The average molecular weight is 295 g/mol. The fourth-order valence-electron chi connectivity index (χ4n) is 2.69. The fraction of sp³-hybridized carbons (Fsp3) is 0.667. The van der Waals surface area contributed by atoms with Gasteiger partial charge in [0.25, 0.3) is 0 Å². The number of carbonyl (C=O) groups is 1. The Bertz CT molecular complexity index is 399. The Balaban J connectivity index is 1.78. The molecule has 0 saturated heterocycles. The van der Waals surface area contributed by atoms with Crippen LogP contribution < -0.4 is 10.6 Å². The highest BCUT2D eigenvalue weighted by molar-refractivity contribution is 7.10. The summed E-state index contributed by atoms with van der Waals surface area (Å²) in [6.45, 7) is 0.645. The number of carbonyl (C=O) groups excluding carboxylic acids is 1. The van der Waals surface area contributed by atoms with Crippen molar-refractivity contribution >= 4 is 17.4 Å². The third kappa shape index (κ3) is 4.49. The predicted molar refractivity (Wildman–Crippen MR) is 84.2 cm³/mol. The number of nitrogens with zero attached hydrogens (tertiary/aromatic N) is 1. The van der Waals surface area contributed by atoms with Crippen LogP contribution in [0.2, 0.25) is 0 Å². The SMILES string of the molecule is CN(C)[C@@H](CNC(=O)NC1CCCCC1)c1cccs1. The van der Waals surface area contributed by atoms with Crippen molar-refractivity contribution in [1.29, 1.82) is 0 Å². The van der Waals surface area contributed by atoms with E-state index in [4.69, 9.17) is 0 Å². The maximum Gasteiger partial charge on any atom is 0.315 e. The molecule has 1 fully saturated rings. The van der Waals surface area contributed by atoms with E-state index in [1.807, 2.05) is 14.1 Å². The van der Waals surface area contributed by atoms with E-state index in [-0.39, 0.29) is 12.1 Å². The van der Waals surface area contributed by atoms with Crippen LogP contribution in [0.3, 0.4) is 0 Å². The highest BCUT2D eigenvalue weighted by Gasteiger charge is 2.18. The van der Waals surface area contributed by atoms with Crippen LogP contribution in [0.25, 0.3) is 0 Å². The second-order valence-electron chi connectivity index (χ2n) is 5.68. The molecular weight excluding hydrogens is 270 g/mol. The number of amides is 2. The Morgan fingerprint density at radius 3 is 2.75 bits per heavy atom. The molecule has 0 radical (unpaired) electrons. The summed E-state index contributed by atoms with van der Waals surface area (Å²) in [4.78, 5) is 15.4. The molecule has 5 heteroatoms. The molecule has 20 heavy (non-hydrogen) atoms. The Morgan fingerprint density at radius 1 is 1.40 bits per heavy atom. The summed E-state index contributed by atoms with van der Waals surface area (Å²) in [7, 11) is 4.09. The predicted octanol–water partition coefficient (Wildman–Crippen LogP) is 2.98. The summed E-state index contributed by atoms with van der Waals surface area (Å²) in [5, 5.41) is 8.19. The molecule has 1 heterocycles. The number of urea groups is 1. The summed E-state index contributed by atoms with van der Waals surface area (Å²) in [5.74, 6) is 0. The minimum atomic E-state index is -0.0275. The molecule has 1 atom stereocenters. The van der Waals surface area contributed by atoms with Gasteiger partial charge in [0.1, 0.15) is 0 Å². The van der Waals surface area contributed by atoms with Crippen molar-refractivity contribution in [1.82, 2.24) is 15.5 Å². The van der Waals surface area contributed by atoms with Crippen molar-refractivity contribution < 1.29 is 4.79 Å². The topological polar surface area (TPSA) is 44.4 Å². The molecule has 0 aliphatic heterocycles. The van der Waals surface area contributed by atoms with Crippen LogP contribution >= 0.6 is 11.3 Å². The van der Waals surface area contributed by atoms with Gasteiger partial charge in [0.05, 0.1) is 6.04 Å². The van der Waals surface area contributed by atoms with Gasteiger partial charge in [-0.05, 0) is 38.4 Å². The van der Waals surface area contributed by atoms with Crippen molar-refractivity contribution in [3.63, 3.8) is 0 Å². The number of hydrogen-bond donors (Lipinski definition) is 2. The van der Waals surface area contributed by atoms with Crippen LogP contribution in [-0.2, 0) is 0 Å². The number of nitrogens with one attached hydrogen (secondary N) is 2. The molecular formula is C15H25N3OS. The highest BCUT2D eigenvalue weighted by Crippen LogP contribution is 2.22. The van der Waals surface area contributed by atoms with Crippen molar-refractivity contribution in [2.75, 3.05) is 20.6 Å². The van der Waals surface area contributed by atoms with E-state index >= 15 is 0 Å². The molecule has 2 rings (SSSR count). The summed E-state index contributed by atoms with van der Waals surface area (Å²) < 4.78 is 0. The van der Waals surface area contributed by atoms with Crippen molar-refractivity contribution in [2.24, 2.45) is 0 Å². The van der Waals surface area contributed by atoms with Gasteiger partial charge in [-0.2, -0.15) is 0 Å². The smallest absolute Gasteiger partial charge is 0.315 e. The molecule has 1 aliphatic rings. The normalized spacial score (nSPS) is 17.9. The van der Waals surface area contributed by atoms with Gasteiger partial charge in [0.2, 0.25) is 0 Å². The molecule has 112 valence electrons. The quantitative estimate of drug-likeness (QED) is 0.877. The van der Waals surface area contributed by atoms with E-state index in [0.717, 1.165) is 12.8 Å². The second kappa shape index (κ2) is 7.64. The first-order valence-corrected chi connectivity index (χ1v) is 8.29. The van der Waals surface area contributed by atoms with Crippen LogP contribution in [0.15, 0.2) is 17.5 Å². The zero-order valence-electron chi connectivity index (χ0n) is 12.4.